The van der Waals surface area contributed by atoms with Crippen LogP contribution in [0.1, 0.15) is 0 Å². The molecule has 0 aliphatic rings. The molecule has 0 aliphatic carbocycles. The minimum atomic E-state index is -1.08. The number of aliphatic carboxylic acids is 2. The van der Waals surface area contributed by atoms with Crippen LogP contribution in [-0.2, 0) is 9.59 Å². The predicted molar refractivity (Wildman–Crippen MR) is 90.1 cm³/mol. The molecule has 8 heteroatoms. The number of carbonyl (C=O) groups is 2. The third-order valence-electron chi connectivity index (χ3n) is 3.00. The zero-order chi connectivity index (χ0) is 18.8. The highest BCUT2D eigenvalue weighted by atomic mass is 16.6. The molecule has 0 bridgehead atoms. The lowest BCUT2D eigenvalue weighted by atomic mass is 10.3. The topological polar surface area (TPSA) is 112 Å². The summed E-state index contributed by atoms with van der Waals surface area (Å²) in [5.74, 6) is -0.733. The molecule has 0 atom stereocenters. The molecular formula is C18H18O8. The summed E-state index contributed by atoms with van der Waals surface area (Å²) in [5.41, 5.74) is 0. The highest BCUT2D eigenvalue weighted by Gasteiger charge is 2.08. The lowest BCUT2D eigenvalue weighted by molar-refractivity contribution is -0.140. The van der Waals surface area contributed by atoms with Gasteiger partial charge in [-0.3, -0.25) is 0 Å². The maximum absolute atomic E-state index is 10.6. The van der Waals surface area contributed by atoms with Crippen molar-refractivity contribution in [3.8, 4) is 23.0 Å². The van der Waals surface area contributed by atoms with Crippen LogP contribution in [0.5, 0.6) is 23.0 Å². The average Bonchev–Trinajstić information content (AvgIpc) is 2.63. The smallest absolute Gasteiger partial charge is 0.341 e. The second kappa shape index (κ2) is 9.77. The molecule has 0 aliphatic heterocycles. The molecule has 0 radical (unpaired) electrons. The molecule has 138 valence electrons. The van der Waals surface area contributed by atoms with E-state index in [0.29, 0.717) is 23.0 Å². The third-order valence-corrected chi connectivity index (χ3v) is 3.00. The van der Waals surface area contributed by atoms with Crippen molar-refractivity contribution in [3.05, 3.63) is 48.5 Å². The van der Waals surface area contributed by atoms with Crippen LogP contribution in [0.2, 0.25) is 0 Å². The normalized spacial score (nSPS) is 10.0. The van der Waals surface area contributed by atoms with Gasteiger partial charge >= 0.3 is 11.9 Å². The molecule has 0 unspecified atom stereocenters. The molecule has 2 N–H and O–H groups in total. The van der Waals surface area contributed by atoms with Gasteiger partial charge in [-0.15, -0.1) is 0 Å². The van der Waals surface area contributed by atoms with Crippen LogP contribution in [0.25, 0.3) is 0 Å². The molecule has 0 fully saturated rings. The molecule has 0 saturated carbocycles. The van der Waals surface area contributed by atoms with Crippen LogP contribution in [0.4, 0.5) is 0 Å². The summed E-state index contributed by atoms with van der Waals surface area (Å²) in [4.78, 5) is 21.2. The van der Waals surface area contributed by atoms with E-state index in [1.807, 2.05) is 0 Å². The lowest BCUT2D eigenvalue weighted by Gasteiger charge is -2.13. The fourth-order valence-corrected chi connectivity index (χ4v) is 1.96. The van der Waals surface area contributed by atoms with Gasteiger partial charge in [0, 0.05) is 0 Å². The Balaban J connectivity index is 1.86. The zero-order valence-electron chi connectivity index (χ0n) is 13.8. The summed E-state index contributed by atoms with van der Waals surface area (Å²) in [6, 6.07) is 13.4. The summed E-state index contributed by atoms with van der Waals surface area (Å²) in [6.45, 7) is -0.599. The van der Waals surface area contributed by atoms with Crippen molar-refractivity contribution < 1.29 is 38.7 Å². The molecule has 8 nitrogen and oxygen atoms in total. The van der Waals surface area contributed by atoms with Gasteiger partial charge in [0.15, 0.2) is 36.2 Å². The second-order valence-corrected chi connectivity index (χ2v) is 4.96. The number of benzene rings is 2. The first-order valence-electron chi connectivity index (χ1n) is 7.69. The largest absolute Gasteiger partial charge is 0.486 e. The van der Waals surface area contributed by atoms with E-state index in [0.717, 1.165) is 0 Å². The zero-order valence-corrected chi connectivity index (χ0v) is 13.8. The number of para-hydroxylation sites is 4. The Morgan fingerprint density at radius 3 is 1.23 bits per heavy atom. The number of rotatable bonds is 11. The Bertz CT molecular complexity index is 680. The molecule has 0 heterocycles. The van der Waals surface area contributed by atoms with Crippen LogP contribution in [0, 0.1) is 0 Å². The number of carboxylic acids is 2. The Morgan fingerprint density at radius 1 is 0.615 bits per heavy atom. The number of hydrogen-bond acceptors (Lipinski definition) is 6. The molecule has 0 amide bonds. The average molecular weight is 362 g/mol. The standard InChI is InChI=1S/C18H18O8/c19-17(20)11-25-15-7-3-1-5-13(15)23-9-10-24-14-6-2-4-8-16(14)26-12-18(21)22/h1-8H,9-12H2,(H,19,20)(H,21,22). The first-order chi connectivity index (χ1) is 12.6. The summed E-state index contributed by atoms with van der Waals surface area (Å²) in [7, 11) is 0. The van der Waals surface area contributed by atoms with E-state index in [-0.39, 0.29) is 13.2 Å². The molecule has 0 aromatic heterocycles. The number of hydrogen-bond donors (Lipinski definition) is 2. The van der Waals surface area contributed by atoms with E-state index in [1.54, 1.807) is 48.5 Å². The van der Waals surface area contributed by atoms with Crippen LogP contribution in [0.3, 0.4) is 0 Å². The molecule has 2 aromatic rings. The van der Waals surface area contributed by atoms with E-state index >= 15 is 0 Å². The van der Waals surface area contributed by atoms with Gasteiger partial charge in [-0.2, -0.15) is 0 Å². The summed E-state index contributed by atoms with van der Waals surface area (Å²) < 4.78 is 21.4. The summed E-state index contributed by atoms with van der Waals surface area (Å²) >= 11 is 0. The fourth-order valence-electron chi connectivity index (χ4n) is 1.96. The lowest BCUT2D eigenvalue weighted by Crippen LogP contribution is -2.13. The highest BCUT2D eigenvalue weighted by molar-refractivity contribution is 5.69. The molecule has 0 saturated heterocycles. The van der Waals surface area contributed by atoms with E-state index in [2.05, 4.69) is 0 Å². The van der Waals surface area contributed by atoms with E-state index in [1.165, 1.54) is 0 Å². The van der Waals surface area contributed by atoms with Gasteiger partial charge in [-0.25, -0.2) is 9.59 Å². The first-order valence-corrected chi connectivity index (χ1v) is 7.69. The van der Waals surface area contributed by atoms with Crippen molar-refractivity contribution in [2.75, 3.05) is 26.4 Å². The van der Waals surface area contributed by atoms with Crippen molar-refractivity contribution in [3.63, 3.8) is 0 Å². The quantitative estimate of drug-likeness (QED) is 0.584. The second-order valence-electron chi connectivity index (χ2n) is 4.96. The number of carboxylic acid groups (broad SMARTS) is 2. The molecule has 2 rings (SSSR count). The van der Waals surface area contributed by atoms with Gasteiger partial charge in [0.2, 0.25) is 0 Å². The van der Waals surface area contributed by atoms with Gasteiger partial charge < -0.3 is 29.2 Å². The Morgan fingerprint density at radius 2 is 0.923 bits per heavy atom. The van der Waals surface area contributed by atoms with E-state index in [9.17, 15) is 9.59 Å². The maximum Gasteiger partial charge on any atom is 0.341 e. The van der Waals surface area contributed by atoms with Crippen LogP contribution in [-0.4, -0.2) is 48.6 Å². The molecule has 26 heavy (non-hydrogen) atoms. The third kappa shape index (κ3) is 6.23. The molecular weight excluding hydrogens is 344 g/mol. The van der Waals surface area contributed by atoms with E-state index in [4.69, 9.17) is 29.2 Å². The van der Waals surface area contributed by atoms with Crippen LogP contribution < -0.4 is 18.9 Å². The highest BCUT2D eigenvalue weighted by Crippen LogP contribution is 2.28. The van der Waals surface area contributed by atoms with Gasteiger partial charge in [-0.1, -0.05) is 24.3 Å². The van der Waals surface area contributed by atoms with Gasteiger partial charge in [0.25, 0.3) is 0 Å². The van der Waals surface area contributed by atoms with Gasteiger partial charge in [-0.05, 0) is 24.3 Å². The van der Waals surface area contributed by atoms with Gasteiger partial charge in [0.05, 0.1) is 0 Å². The Hall–Kier alpha value is -3.42. The summed E-state index contributed by atoms with van der Waals surface area (Å²) in [5, 5.41) is 17.4. The number of ether oxygens (including phenoxy) is 4. The Kier molecular flexibility index (Phi) is 7.11. The fraction of sp³-hybridized carbons (Fsp3) is 0.222. The van der Waals surface area contributed by atoms with Crippen molar-refractivity contribution in [1.29, 1.82) is 0 Å². The van der Waals surface area contributed by atoms with Crippen molar-refractivity contribution >= 4 is 11.9 Å². The maximum atomic E-state index is 10.6. The van der Waals surface area contributed by atoms with Crippen LogP contribution >= 0.6 is 0 Å². The van der Waals surface area contributed by atoms with Gasteiger partial charge in [0.1, 0.15) is 13.2 Å². The van der Waals surface area contributed by atoms with Crippen molar-refractivity contribution in [1.82, 2.24) is 0 Å². The minimum absolute atomic E-state index is 0.167. The van der Waals surface area contributed by atoms with Crippen molar-refractivity contribution in [2.24, 2.45) is 0 Å². The predicted octanol–water partition coefficient (Wildman–Crippen LogP) is 2.07. The Labute approximate surface area is 149 Å². The SMILES string of the molecule is O=C(O)COc1ccccc1OCCOc1ccccc1OCC(=O)O. The summed E-state index contributed by atoms with van der Waals surface area (Å²) in [6.07, 6.45) is 0. The minimum Gasteiger partial charge on any atom is -0.486 e. The molecule has 0 spiro atoms. The van der Waals surface area contributed by atoms with Crippen LogP contribution in [0.15, 0.2) is 48.5 Å². The monoisotopic (exact) mass is 362 g/mol. The molecule has 2 aromatic carbocycles. The van der Waals surface area contributed by atoms with Crippen molar-refractivity contribution in [2.45, 2.75) is 0 Å². The first kappa shape index (κ1) is 18.9. The van der Waals surface area contributed by atoms with E-state index < -0.39 is 25.2 Å².